The van der Waals surface area contributed by atoms with Gasteiger partial charge >= 0.3 is 41.9 Å². The fourth-order valence-electron chi connectivity index (χ4n) is 2.25. The molecule has 4 heteroatoms. The molecule has 0 N–H and O–H groups in total. The molecule has 1 atom stereocenters. The van der Waals surface area contributed by atoms with Crippen LogP contribution in [0.4, 0.5) is 0 Å². The molecule has 0 amide bonds. The molecule has 0 saturated carbocycles. The quantitative estimate of drug-likeness (QED) is 0.343. The Balaban J connectivity index is -0.000000283. The van der Waals surface area contributed by atoms with Crippen molar-refractivity contribution in [3.8, 4) is 0 Å². The molecule has 3 aliphatic carbocycles. The Bertz CT molecular complexity index is 597. The molecule has 27 heavy (non-hydrogen) atoms. The molecule has 0 aromatic carbocycles. The second-order valence-corrected chi connectivity index (χ2v) is 16.4. The molecule has 3 rings (SSSR count). The fraction of sp³-hybridized carbons (Fsp3) is 0.478. The fourth-order valence-corrected chi connectivity index (χ4v) is 2.25. The summed E-state index contributed by atoms with van der Waals surface area (Å²) in [7, 11) is 0. The molecule has 0 aromatic rings. The molecule has 0 aromatic heterocycles. The van der Waals surface area contributed by atoms with E-state index in [0.717, 1.165) is 12.8 Å². The summed E-state index contributed by atoms with van der Waals surface area (Å²) >= 11 is 1.74. The normalized spacial score (nSPS) is 18.3. The van der Waals surface area contributed by atoms with Gasteiger partial charge in [0.05, 0.1) is 0 Å². The number of halogens is 2. The maximum atomic E-state index is 3.19. The van der Waals surface area contributed by atoms with Gasteiger partial charge in [0, 0.05) is 0 Å². The second kappa shape index (κ2) is 18.2. The summed E-state index contributed by atoms with van der Waals surface area (Å²) in [6.07, 6.45) is 20.2. The Morgan fingerprint density at radius 2 is 1.26 bits per heavy atom. The molecule has 0 fully saturated rings. The van der Waals surface area contributed by atoms with Gasteiger partial charge in [-0.2, -0.15) is 17.2 Å². The monoisotopic (exact) mass is 497 g/mol. The van der Waals surface area contributed by atoms with Crippen molar-refractivity contribution in [2.24, 2.45) is 5.92 Å². The summed E-state index contributed by atoms with van der Waals surface area (Å²) in [5, 5.41) is 0. The molecule has 0 bridgehead atoms. The van der Waals surface area contributed by atoms with E-state index in [-0.39, 0.29) is 30.2 Å². The molecule has 0 spiro atoms. The van der Waals surface area contributed by atoms with Crippen molar-refractivity contribution in [1.82, 2.24) is 0 Å². The van der Waals surface area contributed by atoms with E-state index >= 15 is 0 Å². The van der Waals surface area contributed by atoms with Crippen molar-refractivity contribution in [2.75, 3.05) is 0 Å². The summed E-state index contributed by atoms with van der Waals surface area (Å²) in [5.41, 5.74) is 6.99. The van der Waals surface area contributed by atoms with Crippen molar-refractivity contribution < 1.29 is 48.1 Å². The molecule has 0 aliphatic heterocycles. The third kappa shape index (κ3) is 20.7. The van der Waals surface area contributed by atoms with E-state index in [1.807, 2.05) is 6.08 Å². The largest absolute Gasteiger partial charge is 1.00 e. The first kappa shape index (κ1) is 31.8. The van der Waals surface area contributed by atoms with Gasteiger partial charge in [-0.15, -0.1) is 19.8 Å². The summed E-state index contributed by atoms with van der Waals surface area (Å²) in [4.78, 5) is 0. The Kier molecular flexibility index (Phi) is 21.4. The Hall–Kier alpha value is 0.120. The van der Waals surface area contributed by atoms with Crippen LogP contribution in [0, 0.1) is 24.1 Å². The average Bonchev–Trinajstić information content (AvgIpc) is 3.15. The third-order valence-electron chi connectivity index (χ3n) is 3.30. The van der Waals surface area contributed by atoms with E-state index in [4.69, 9.17) is 0 Å². The first-order chi connectivity index (χ1) is 11.6. The molecule has 0 saturated heterocycles. The second-order valence-electron chi connectivity index (χ2n) is 7.06. The van der Waals surface area contributed by atoms with Crippen molar-refractivity contribution in [1.29, 1.82) is 0 Å². The number of hydrogen-bond donors (Lipinski definition) is 0. The zero-order valence-corrected chi connectivity index (χ0v) is 23.0. The van der Waals surface area contributed by atoms with Crippen LogP contribution in [-0.4, -0.2) is 5.43 Å². The SMILES string of the molecule is CC1=CC(C)[C-]=C1.CC1=[C-]CC(C)=C1.CC1=[C-]CC(C)=C1.C[Si](C)=[Zr+2].[Cl-].[Cl-]. The van der Waals surface area contributed by atoms with Gasteiger partial charge in [-0.25, -0.2) is 34.9 Å². The number of rotatable bonds is 0. The van der Waals surface area contributed by atoms with Gasteiger partial charge in [0.2, 0.25) is 0 Å². The van der Waals surface area contributed by atoms with E-state index in [9.17, 15) is 0 Å². The molecule has 0 nitrogen and oxygen atoms in total. The van der Waals surface area contributed by atoms with Gasteiger partial charge in [0.25, 0.3) is 0 Å². The van der Waals surface area contributed by atoms with Gasteiger partial charge in [-0.1, -0.05) is 40.5 Å². The van der Waals surface area contributed by atoms with E-state index in [1.165, 1.54) is 27.9 Å². The first-order valence-electron chi connectivity index (χ1n) is 8.88. The van der Waals surface area contributed by atoms with Crippen LogP contribution in [0.1, 0.15) is 54.4 Å². The van der Waals surface area contributed by atoms with Crippen LogP contribution in [0.25, 0.3) is 0 Å². The van der Waals surface area contributed by atoms with Crippen LogP contribution in [0.15, 0.2) is 52.2 Å². The molecule has 0 heterocycles. The maximum Gasteiger partial charge on any atom is -1.00 e. The maximum absolute atomic E-state index is 3.19. The molecule has 3 aliphatic rings. The Labute approximate surface area is 196 Å². The topological polar surface area (TPSA) is 0 Å². The van der Waals surface area contributed by atoms with E-state index < -0.39 is 0 Å². The third-order valence-corrected chi connectivity index (χ3v) is 3.30. The standard InChI is InChI=1S/3C7H9.C2H6Si.2ClH.Zr/c3*1-6-3-4-7(2)5-6;1-3-2;;;/h2*5H,3H2,1-2H3;3,5,7H,1-2H3;1-2H3;2*1H;/q3*-1;;;;+2/p-2. The zero-order valence-electron chi connectivity index (χ0n) is 18.1. The molecule has 150 valence electrons. The van der Waals surface area contributed by atoms with Crippen molar-refractivity contribution >= 4 is 5.43 Å². The van der Waals surface area contributed by atoms with Crippen LogP contribution < -0.4 is 24.8 Å². The first-order valence-corrected chi connectivity index (χ1v) is 15.1. The van der Waals surface area contributed by atoms with Gasteiger partial charge in [0.15, 0.2) is 0 Å². The summed E-state index contributed by atoms with van der Waals surface area (Å²) in [6, 6.07) is 0. The zero-order chi connectivity index (χ0) is 19.4. The van der Waals surface area contributed by atoms with Crippen LogP contribution in [0.3, 0.4) is 0 Å². The predicted molar refractivity (Wildman–Crippen MR) is 110 cm³/mol. The summed E-state index contributed by atoms with van der Waals surface area (Å²) in [6.45, 7) is 17.3. The molecule has 1 unspecified atom stereocenters. The minimum absolute atomic E-state index is 0. The van der Waals surface area contributed by atoms with E-state index in [0.29, 0.717) is 5.92 Å². The van der Waals surface area contributed by atoms with Gasteiger partial charge < -0.3 is 24.8 Å². The Morgan fingerprint density at radius 1 is 0.889 bits per heavy atom. The van der Waals surface area contributed by atoms with Crippen LogP contribution >= 0.6 is 0 Å². The molecular weight excluding hydrogens is 466 g/mol. The van der Waals surface area contributed by atoms with Crippen molar-refractivity contribution in [3.63, 3.8) is 0 Å². The van der Waals surface area contributed by atoms with Crippen LogP contribution in [0.5, 0.6) is 0 Å². The number of hydrogen-bond acceptors (Lipinski definition) is 0. The van der Waals surface area contributed by atoms with Gasteiger partial charge in [0.1, 0.15) is 0 Å². The van der Waals surface area contributed by atoms with Gasteiger partial charge in [-0.3, -0.25) is 18.2 Å². The predicted octanol–water partition coefficient (Wildman–Crippen LogP) is 0.906. The van der Waals surface area contributed by atoms with Crippen molar-refractivity contribution in [2.45, 2.75) is 67.5 Å². The van der Waals surface area contributed by atoms with Crippen molar-refractivity contribution in [3.05, 3.63) is 70.4 Å². The smallest absolute Gasteiger partial charge is 1.00 e. The summed E-state index contributed by atoms with van der Waals surface area (Å²) in [5.74, 6) is 0.556. The van der Waals surface area contributed by atoms with E-state index in [2.05, 4.69) is 91.1 Å². The van der Waals surface area contributed by atoms with Crippen LogP contribution in [0.2, 0.25) is 13.1 Å². The minimum Gasteiger partial charge on any atom is -1.00 e. The van der Waals surface area contributed by atoms with Gasteiger partial charge in [-0.05, 0) is 0 Å². The molecular formula is C23H33Cl2SiZr-3. The average molecular weight is 500 g/mol. The van der Waals surface area contributed by atoms with E-state index in [1.54, 1.807) is 23.3 Å². The minimum atomic E-state index is 0. The summed E-state index contributed by atoms with van der Waals surface area (Å²) < 4.78 is 0. The Morgan fingerprint density at radius 3 is 1.33 bits per heavy atom. The molecule has 0 radical (unpaired) electrons. The number of allylic oxidation sites excluding steroid dienone is 12. The van der Waals surface area contributed by atoms with Crippen LogP contribution in [-0.2, 0) is 23.3 Å².